The standard InChI is InChI=1S/C16H28N2O2/c1-6-17-13(2)16-14(9-7-10-15(16)20-5)18(3)11-8-12-19-4/h7,9-10,13,17H,6,8,11-12H2,1-5H3. The monoisotopic (exact) mass is 280 g/mol. The first-order chi connectivity index (χ1) is 9.65. The van der Waals surface area contributed by atoms with Gasteiger partial charge in [-0.25, -0.2) is 0 Å². The minimum Gasteiger partial charge on any atom is -0.496 e. The average molecular weight is 280 g/mol. The van der Waals surface area contributed by atoms with E-state index in [1.165, 1.54) is 11.3 Å². The Bertz CT molecular complexity index is 396. The Morgan fingerprint density at radius 1 is 1.30 bits per heavy atom. The summed E-state index contributed by atoms with van der Waals surface area (Å²) >= 11 is 0. The Morgan fingerprint density at radius 3 is 2.65 bits per heavy atom. The highest BCUT2D eigenvalue weighted by atomic mass is 16.5. The minimum absolute atomic E-state index is 0.260. The molecule has 0 saturated carbocycles. The van der Waals surface area contributed by atoms with E-state index in [0.29, 0.717) is 0 Å². The number of rotatable bonds is 9. The van der Waals surface area contributed by atoms with Crippen LogP contribution in [0.15, 0.2) is 18.2 Å². The maximum absolute atomic E-state index is 5.54. The molecule has 20 heavy (non-hydrogen) atoms. The van der Waals surface area contributed by atoms with Gasteiger partial charge in [-0.05, 0) is 32.0 Å². The number of nitrogens with one attached hydrogen (secondary N) is 1. The van der Waals surface area contributed by atoms with Crippen LogP contribution in [0, 0.1) is 0 Å². The first-order valence-electron chi connectivity index (χ1n) is 7.26. The molecule has 1 unspecified atom stereocenters. The lowest BCUT2D eigenvalue weighted by Crippen LogP contribution is -2.25. The number of hydrogen-bond acceptors (Lipinski definition) is 4. The first kappa shape index (κ1) is 16.8. The summed E-state index contributed by atoms with van der Waals surface area (Å²) in [6, 6.07) is 6.48. The van der Waals surface area contributed by atoms with Crippen LogP contribution in [0.4, 0.5) is 5.69 Å². The van der Waals surface area contributed by atoms with Crippen molar-refractivity contribution in [1.82, 2.24) is 5.32 Å². The highest BCUT2D eigenvalue weighted by Gasteiger charge is 2.17. The van der Waals surface area contributed by atoms with Gasteiger partial charge in [-0.2, -0.15) is 0 Å². The summed E-state index contributed by atoms with van der Waals surface area (Å²) < 4.78 is 10.7. The van der Waals surface area contributed by atoms with Gasteiger partial charge in [-0.3, -0.25) is 0 Å². The zero-order valence-electron chi connectivity index (χ0n) is 13.4. The van der Waals surface area contributed by atoms with Crippen molar-refractivity contribution in [3.8, 4) is 5.75 Å². The SMILES string of the molecule is CCNC(C)c1c(OC)cccc1N(C)CCCOC. The third kappa shape index (κ3) is 4.39. The number of benzene rings is 1. The van der Waals surface area contributed by atoms with E-state index in [1.54, 1.807) is 14.2 Å². The summed E-state index contributed by atoms with van der Waals surface area (Å²) in [5, 5.41) is 3.47. The molecule has 1 rings (SSSR count). The number of hydrogen-bond donors (Lipinski definition) is 1. The second kappa shape index (κ2) is 8.82. The predicted molar refractivity (Wildman–Crippen MR) is 84.8 cm³/mol. The zero-order valence-corrected chi connectivity index (χ0v) is 13.4. The average Bonchev–Trinajstić information content (AvgIpc) is 2.46. The molecule has 1 aromatic carbocycles. The molecule has 0 aliphatic heterocycles. The van der Waals surface area contributed by atoms with Gasteiger partial charge >= 0.3 is 0 Å². The van der Waals surface area contributed by atoms with E-state index >= 15 is 0 Å². The second-order valence-electron chi connectivity index (χ2n) is 4.94. The molecule has 1 atom stereocenters. The number of anilines is 1. The number of methoxy groups -OCH3 is 2. The first-order valence-corrected chi connectivity index (χ1v) is 7.26. The fourth-order valence-electron chi connectivity index (χ4n) is 2.45. The summed E-state index contributed by atoms with van der Waals surface area (Å²) in [5.74, 6) is 0.939. The molecule has 0 aliphatic rings. The van der Waals surface area contributed by atoms with E-state index in [9.17, 15) is 0 Å². The minimum atomic E-state index is 0.260. The third-order valence-electron chi connectivity index (χ3n) is 3.46. The van der Waals surface area contributed by atoms with E-state index in [1.807, 2.05) is 12.1 Å². The van der Waals surface area contributed by atoms with Gasteiger partial charge in [-0.1, -0.05) is 13.0 Å². The normalized spacial score (nSPS) is 12.2. The zero-order chi connectivity index (χ0) is 15.0. The van der Waals surface area contributed by atoms with Crippen molar-refractivity contribution in [2.75, 3.05) is 45.9 Å². The summed E-state index contributed by atoms with van der Waals surface area (Å²) in [5.41, 5.74) is 2.44. The highest BCUT2D eigenvalue weighted by Crippen LogP contribution is 2.34. The Morgan fingerprint density at radius 2 is 2.05 bits per heavy atom. The molecule has 0 spiro atoms. The molecule has 0 saturated heterocycles. The van der Waals surface area contributed by atoms with Crippen molar-refractivity contribution in [1.29, 1.82) is 0 Å². The van der Waals surface area contributed by atoms with Crippen LogP contribution in [0.3, 0.4) is 0 Å². The molecule has 1 aromatic rings. The van der Waals surface area contributed by atoms with Gasteiger partial charge in [0.25, 0.3) is 0 Å². The van der Waals surface area contributed by atoms with E-state index in [4.69, 9.17) is 9.47 Å². The fourth-order valence-corrected chi connectivity index (χ4v) is 2.45. The maximum Gasteiger partial charge on any atom is 0.125 e. The lowest BCUT2D eigenvalue weighted by Gasteiger charge is -2.27. The maximum atomic E-state index is 5.54. The highest BCUT2D eigenvalue weighted by molar-refractivity contribution is 5.60. The Labute approximate surface area is 123 Å². The Hall–Kier alpha value is -1.26. The number of nitrogens with zero attached hydrogens (tertiary/aromatic N) is 1. The molecule has 0 aliphatic carbocycles. The molecule has 1 N–H and O–H groups in total. The van der Waals surface area contributed by atoms with Gasteiger partial charge in [0, 0.05) is 44.6 Å². The predicted octanol–water partition coefficient (Wildman–Crippen LogP) is 2.84. The van der Waals surface area contributed by atoms with Crippen LogP contribution in [0.25, 0.3) is 0 Å². The van der Waals surface area contributed by atoms with Crippen LogP contribution in [0.1, 0.15) is 31.9 Å². The molecular formula is C16H28N2O2. The van der Waals surface area contributed by atoms with Crippen LogP contribution in [-0.2, 0) is 4.74 Å². The molecule has 0 aromatic heterocycles. The lowest BCUT2D eigenvalue weighted by molar-refractivity contribution is 0.196. The van der Waals surface area contributed by atoms with Crippen molar-refractivity contribution in [2.45, 2.75) is 26.3 Å². The molecule has 0 radical (unpaired) electrons. The van der Waals surface area contributed by atoms with Gasteiger partial charge in [0.15, 0.2) is 0 Å². The van der Waals surface area contributed by atoms with E-state index in [-0.39, 0.29) is 6.04 Å². The number of ether oxygens (including phenoxy) is 2. The molecule has 4 nitrogen and oxygen atoms in total. The van der Waals surface area contributed by atoms with Gasteiger partial charge in [0.2, 0.25) is 0 Å². The van der Waals surface area contributed by atoms with Crippen molar-refractivity contribution in [3.63, 3.8) is 0 Å². The van der Waals surface area contributed by atoms with Gasteiger partial charge in [0.05, 0.1) is 7.11 Å². The topological polar surface area (TPSA) is 33.7 Å². The van der Waals surface area contributed by atoms with E-state index in [2.05, 4.69) is 37.2 Å². The van der Waals surface area contributed by atoms with Crippen LogP contribution in [0.5, 0.6) is 5.75 Å². The van der Waals surface area contributed by atoms with Crippen molar-refractivity contribution in [2.24, 2.45) is 0 Å². The van der Waals surface area contributed by atoms with Gasteiger partial charge < -0.3 is 19.7 Å². The van der Waals surface area contributed by atoms with Crippen molar-refractivity contribution >= 4 is 5.69 Å². The summed E-state index contributed by atoms with van der Waals surface area (Å²) in [4.78, 5) is 2.27. The second-order valence-corrected chi connectivity index (χ2v) is 4.94. The Balaban J connectivity index is 2.98. The summed E-state index contributed by atoms with van der Waals surface area (Å²) in [7, 11) is 5.59. The van der Waals surface area contributed by atoms with Crippen LogP contribution in [-0.4, -0.2) is 41.0 Å². The summed E-state index contributed by atoms with van der Waals surface area (Å²) in [6.45, 7) is 6.98. The molecule has 4 heteroatoms. The largest absolute Gasteiger partial charge is 0.496 e. The van der Waals surface area contributed by atoms with Gasteiger partial charge in [0.1, 0.15) is 5.75 Å². The summed E-state index contributed by atoms with van der Waals surface area (Å²) in [6.07, 6.45) is 1.01. The molecule has 0 bridgehead atoms. The van der Waals surface area contributed by atoms with Gasteiger partial charge in [-0.15, -0.1) is 0 Å². The molecule has 0 amide bonds. The van der Waals surface area contributed by atoms with Crippen LogP contribution < -0.4 is 15.0 Å². The smallest absolute Gasteiger partial charge is 0.125 e. The van der Waals surface area contributed by atoms with E-state index < -0.39 is 0 Å². The van der Waals surface area contributed by atoms with Crippen LogP contribution in [0.2, 0.25) is 0 Å². The van der Waals surface area contributed by atoms with E-state index in [0.717, 1.165) is 31.9 Å². The lowest BCUT2D eigenvalue weighted by atomic mass is 10.0. The fraction of sp³-hybridized carbons (Fsp3) is 0.625. The quantitative estimate of drug-likeness (QED) is 0.705. The molecule has 0 fully saturated rings. The van der Waals surface area contributed by atoms with Crippen LogP contribution >= 0.6 is 0 Å². The molecule has 114 valence electrons. The third-order valence-corrected chi connectivity index (χ3v) is 3.46. The Kier molecular flexibility index (Phi) is 7.41. The molecule has 0 heterocycles. The van der Waals surface area contributed by atoms with Crippen molar-refractivity contribution < 1.29 is 9.47 Å². The van der Waals surface area contributed by atoms with Crippen molar-refractivity contribution in [3.05, 3.63) is 23.8 Å². The molecular weight excluding hydrogens is 252 g/mol.